The van der Waals surface area contributed by atoms with E-state index < -0.39 is 177 Å². The number of carboxylic acids is 7. The number of phenols is 2. The third-order valence-corrected chi connectivity index (χ3v) is 21.8. The number of rotatable bonds is 55. The minimum Gasteiger partial charge on any atom is -0.508 e. The van der Waals surface area contributed by atoms with Gasteiger partial charge in [-0.15, -0.1) is 10.2 Å². The molecule has 2 fully saturated rings. The van der Waals surface area contributed by atoms with Crippen LogP contribution in [0, 0.1) is 40.4 Å². The zero-order chi connectivity index (χ0) is 94.7. The van der Waals surface area contributed by atoms with Crippen molar-refractivity contribution in [3.05, 3.63) is 81.2 Å². The Morgan fingerprint density at radius 2 is 1.00 bits per heavy atom. The van der Waals surface area contributed by atoms with Gasteiger partial charge in [0, 0.05) is 195 Å². The van der Waals surface area contributed by atoms with Gasteiger partial charge in [0.05, 0.1) is 45.0 Å². The number of phenolic OH excluding ortho intramolecular Hbond substituents is 2. The molecule has 0 spiro atoms. The van der Waals surface area contributed by atoms with Gasteiger partial charge in [-0.25, -0.2) is 0 Å². The van der Waals surface area contributed by atoms with Crippen molar-refractivity contribution in [3.8, 4) is 34.3 Å². The van der Waals surface area contributed by atoms with E-state index in [1.807, 2.05) is 38.1 Å². The van der Waals surface area contributed by atoms with Gasteiger partial charge >= 0.3 is 41.8 Å². The molecule has 44 nitrogen and oxygen atoms in total. The average Bonchev–Trinajstić information content (AvgIpc) is 1.60. The fourth-order valence-corrected chi connectivity index (χ4v) is 14.6. The van der Waals surface area contributed by atoms with Crippen LogP contribution in [0.25, 0.3) is 17.1 Å². The largest absolute Gasteiger partial charge is 0.508 e. The summed E-state index contributed by atoms with van der Waals surface area (Å²) in [5.41, 5.74) is 2.22. The number of hydrogen-bond donors (Lipinski definition) is 17. The van der Waals surface area contributed by atoms with Crippen molar-refractivity contribution >= 4 is 118 Å². The van der Waals surface area contributed by atoms with Crippen molar-refractivity contribution in [1.82, 2.24) is 81.8 Å². The third kappa shape index (κ3) is 40.4. The number of benzene rings is 3. The minimum absolute atomic E-state index is 0. The molecule has 17 N–H and O–H groups in total. The van der Waals surface area contributed by atoms with E-state index in [-0.39, 0.29) is 227 Å². The van der Waals surface area contributed by atoms with E-state index in [1.54, 1.807) is 61.8 Å². The molecule has 4 aromatic rings. The van der Waals surface area contributed by atoms with E-state index in [4.69, 9.17) is 14.2 Å². The molecular formula is C84H119ILuN16O28. The smallest absolute Gasteiger partial charge is 0.320 e. The van der Waals surface area contributed by atoms with Crippen LogP contribution in [0.2, 0.25) is 0 Å². The number of likely N-dealkylation sites (tertiary alicyclic amines) is 1. The van der Waals surface area contributed by atoms with E-state index >= 15 is 0 Å². The first-order valence-electron chi connectivity index (χ1n) is 42.7. The van der Waals surface area contributed by atoms with Crippen LogP contribution in [0.4, 0.5) is 0 Å². The maximum Gasteiger partial charge on any atom is 0.320 e. The van der Waals surface area contributed by atoms with Gasteiger partial charge in [0.25, 0.3) is 5.91 Å². The van der Waals surface area contributed by atoms with Gasteiger partial charge in [-0.05, 0) is 147 Å². The minimum atomic E-state index is -1.76. The summed E-state index contributed by atoms with van der Waals surface area (Å²) in [5.74, 6) is -15.4. The molecule has 6 rings (SSSR count). The summed E-state index contributed by atoms with van der Waals surface area (Å²) in [4.78, 5) is 213. The number of ether oxygens (including phenoxy) is 3. The van der Waals surface area contributed by atoms with Crippen LogP contribution in [0.1, 0.15) is 151 Å². The summed E-state index contributed by atoms with van der Waals surface area (Å²) in [6.45, 7) is 4.31. The summed E-state index contributed by atoms with van der Waals surface area (Å²) < 4.78 is 19.8. The van der Waals surface area contributed by atoms with Gasteiger partial charge < -0.3 is 108 Å². The number of halogens is 1. The number of nitrogens with zero attached hydrogens (tertiary/aromatic N) is 8. The number of aromatic nitrogens is 3. The van der Waals surface area contributed by atoms with Crippen molar-refractivity contribution < 1.29 is 174 Å². The van der Waals surface area contributed by atoms with Crippen molar-refractivity contribution in [3.63, 3.8) is 0 Å². The standard InChI is InChI=1S/C84H119IN16O28.Lu/c1-4-86-83(124)78-95-94-77(59-46-58(52(2)3)65(102)47-66(59)103)101(78)55-15-17-56(18-16-55)129-57-28-33-100(34-29-57)70(107)27-31-88-80(121)61(19-24-71(108)109)92-82(123)63(21-26-73(112)113)93-81(122)62(20-25-72(110)111)91-69(106)51-128-45-44-127-43-32-89-79(120)60(90-68(105)10-7-8-53-11-13-54(85)14-12-53)9-5-6-30-87-67(104)23-22-64(84(125)126)99-41-39-97(49-75(116)117)37-35-96(48-74(114)115)36-38-98(40-42-99)50-76(118)119;/h11-18,46-47,52,57,60-64,102-103H,4-10,19-45,48-51H2,1-3H3,(H,86,124)(H,87,104)(H,88,121)(H,89,120)(H,90,105)(H,91,106)(H,92,123)(H,93,122)(H,108,109)(H,110,111)(H,112,113)(H,114,115)(H,116,117)(H,118,119)(H,125,126);/t60-,61+,62+,63+,64+;/m0./s1. The molecule has 3 heterocycles. The van der Waals surface area contributed by atoms with Gasteiger partial charge in [0.15, 0.2) is 5.82 Å². The first-order chi connectivity index (χ1) is 61.5. The van der Waals surface area contributed by atoms with Gasteiger partial charge in [0.1, 0.15) is 60.2 Å². The molecule has 0 saturated carbocycles. The van der Waals surface area contributed by atoms with Crippen molar-refractivity contribution in [2.24, 2.45) is 0 Å². The Balaban J connectivity index is 0.0000299. The molecule has 1 radical (unpaired) electrons. The van der Waals surface area contributed by atoms with Crippen LogP contribution in [0.15, 0.2) is 60.7 Å². The number of aryl methyl sites for hydroxylation is 1. The normalized spacial score (nSPS) is 14.9. The summed E-state index contributed by atoms with van der Waals surface area (Å²) in [6, 6.07) is 9.96. The van der Waals surface area contributed by atoms with E-state index in [0.29, 0.717) is 62.1 Å². The Kier molecular flexibility index (Phi) is 49.3. The number of amides is 9. The summed E-state index contributed by atoms with van der Waals surface area (Å²) >= 11 is 2.18. The van der Waals surface area contributed by atoms with Crippen LogP contribution in [-0.2, 0) is 87.8 Å². The number of piperidine rings is 1. The number of carboxylic acid groups (broad SMARTS) is 7. The molecule has 5 atom stereocenters. The number of aliphatic carboxylic acids is 7. The Labute approximate surface area is 793 Å². The Hall–Kier alpha value is -10.6. The molecule has 46 heteroatoms. The first kappa shape index (κ1) is 110. The summed E-state index contributed by atoms with van der Waals surface area (Å²) in [7, 11) is 0. The zero-order valence-electron chi connectivity index (χ0n) is 72.7. The van der Waals surface area contributed by atoms with Gasteiger partial charge in [-0.3, -0.25) is 101 Å². The predicted molar refractivity (Wildman–Crippen MR) is 466 cm³/mol. The SMILES string of the molecule is CCNC(=O)c1nnc(-c2cc(C(C)C)c(O)cc2O)n1-c1ccc(OC2CCN(C(=O)CCNC(=O)[C@@H](CCC(=O)O)NC(=O)[C@@H](CCC(=O)O)NC(=O)[C@@H](CCC(=O)O)NC(=O)COCCOCCNC(=O)[C@H](CCCCNC(=O)CC[C@H](C(=O)O)N3CCN(CC(=O)O)CCN(CC(=O)O)CCN(CC(=O)O)CC3)NC(=O)CCCc3ccc(I)cc3)CC2)cc1.[Lu]. The Morgan fingerprint density at radius 3 is 1.53 bits per heavy atom. The molecule has 0 bridgehead atoms. The topological polar surface area (TPSA) is 626 Å². The number of nitrogens with one attached hydrogen (secondary N) is 8. The van der Waals surface area contributed by atoms with E-state index in [2.05, 4.69) is 75.3 Å². The number of carbonyl (C=O) groups excluding carboxylic acids is 9. The molecule has 2 saturated heterocycles. The molecule has 2 aliphatic heterocycles. The number of carbonyl (C=O) groups is 16. The average molecular weight is 2100 g/mol. The van der Waals surface area contributed by atoms with Crippen LogP contribution >= 0.6 is 22.6 Å². The predicted octanol–water partition coefficient (Wildman–Crippen LogP) is 0.400. The maximum absolute atomic E-state index is 14.0. The molecule has 0 unspecified atom stereocenters. The quantitative estimate of drug-likeness (QED) is 0.0210. The van der Waals surface area contributed by atoms with Crippen LogP contribution in [0.3, 0.4) is 0 Å². The number of aromatic hydroxyl groups is 2. The molecule has 0 aliphatic carbocycles. The monoisotopic (exact) mass is 2100 g/mol. The second kappa shape index (κ2) is 58.3. The molecular weight excluding hydrogens is 1980 g/mol. The molecule has 130 heavy (non-hydrogen) atoms. The first-order valence-corrected chi connectivity index (χ1v) is 43.8. The van der Waals surface area contributed by atoms with E-state index in [1.165, 1.54) is 10.6 Å². The summed E-state index contributed by atoms with van der Waals surface area (Å²) in [6.07, 6.45) is -2.01. The second-order valence-electron chi connectivity index (χ2n) is 31.2. The zero-order valence-corrected chi connectivity index (χ0v) is 76.5. The van der Waals surface area contributed by atoms with Crippen molar-refractivity contribution in [2.75, 3.05) is 138 Å². The maximum atomic E-state index is 14.0. The second-order valence-corrected chi connectivity index (χ2v) is 32.5. The Bertz CT molecular complexity index is 4410. The number of hydrogen-bond acceptors (Lipinski definition) is 27. The third-order valence-electron chi connectivity index (χ3n) is 21.0. The molecule has 725 valence electrons. The Morgan fingerprint density at radius 1 is 0.485 bits per heavy atom. The molecule has 3 aromatic carbocycles. The van der Waals surface area contributed by atoms with E-state index in [0.717, 1.165) is 9.13 Å². The molecule has 9 amide bonds. The van der Waals surface area contributed by atoms with Crippen LogP contribution < -0.4 is 47.3 Å². The number of unbranched alkanes of at least 4 members (excludes halogenated alkanes) is 1. The van der Waals surface area contributed by atoms with Crippen LogP contribution in [-0.4, -0.2) is 354 Å². The summed E-state index contributed by atoms with van der Waals surface area (Å²) in [5, 5.41) is 118. The molecule has 2 aliphatic rings. The fraction of sp³-hybridized carbons (Fsp3) is 0.571. The van der Waals surface area contributed by atoms with Crippen molar-refractivity contribution in [1.29, 1.82) is 0 Å². The van der Waals surface area contributed by atoms with E-state index in [9.17, 15) is 123 Å². The van der Waals surface area contributed by atoms with Crippen LogP contribution in [0.5, 0.6) is 17.2 Å². The molecule has 1 aromatic heterocycles. The van der Waals surface area contributed by atoms with Gasteiger partial charge in [0.2, 0.25) is 53.1 Å². The van der Waals surface area contributed by atoms with Crippen molar-refractivity contribution in [2.45, 2.75) is 172 Å². The fourth-order valence-electron chi connectivity index (χ4n) is 14.2. The van der Waals surface area contributed by atoms with Gasteiger partial charge in [-0.2, -0.15) is 0 Å². The van der Waals surface area contributed by atoms with Gasteiger partial charge in [-0.1, -0.05) is 26.0 Å².